The lowest BCUT2D eigenvalue weighted by Gasteiger charge is -2.27. The van der Waals surface area contributed by atoms with E-state index in [0.717, 1.165) is 15.4 Å². The van der Waals surface area contributed by atoms with Crippen molar-refractivity contribution in [1.82, 2.24) is 4.31 Å². The second-order valence-corrected chi connectivity index (χ2v) is 9.73. The van der Waals surface area contributed by atoms with E-state index in [-0.39, 0.29) is 11.4 Å². The third kappa shape index (κ3) is 5.27. The Kier molecular flexibility index (Phi) is 6.27. The van der Waals surface area contributed by atoms with Crippen molar-refractivity contribution < 1.29 is 17.9 Å². The zero-order chi connectivity index (χ0) is 21.8. The Morgan fingerprint density at radius 2 is 1.30 bits per heavy atom. The van der Waals surface area contributed by atoms with Gasteiger partial charge in [0.05, 0.1) is 11.4 Å². The molecule has 0 saturated carbocycles. The van der Waals surface area contributed by atoms with Crippen molar-refractivity contribution >= 4 is 16.1 Å². The minimum atomic E-state index is -4.11. The summed E-state index contributed by atoms with van der Waals surface area (Å²) in [7, 11) is -4.11. The first-order valence-electron chi connectivity index (χ1n) is 9.62. The standard InChI is InChI=1S/C24H25NO4S/c1-24(2,3)29-23(26)25(18-19-10-6-4-7-11-19)30(27,28)22-16-14-21(15-17-22)20-12-8-5-9-13-20/h4-17H,18H2,1-3H3. The number of carbonyl (C=O) groups is 1. The van der Waals surface area contributed by atoms with Crippen LogP contribution in [0.3, 0.4) is 0 Å². The molecule has 0 bridgehead atoms. The van der Waals surface area contributed by atoms with E-state index in [0.29, 0.717) is 5.56 Å². The molecule has 3 aromatic rings. The molecule has 0 fully saturated rings. The van der Waals surface area contributed by atoms with Crippen molar-refractivity contribution in [3.63, 3.8) is 0 Å². The van der Waals surface area contributed by atoms with Gasteiger partial charge in [-0.2, -0.15) is 4.31 Å². The summed E-state index contributed by atoms with van der Waals surface area (Å²) in [5.74, 6) is 0. The van der Waals surface area contributed by atoms with Crippen molar-refractivity contribution in [2.45, 2.75) is 37.8 Å². The molecule has 30 heavy (non-hydrogen) atoms. The fraction of sp³-hybridized carbons (Fsp3) is 0.208. The molecule has 0 atom stereocenters. The predicted molar refractivity (Wildman–Crippen MR) is 117 cm³/mol. The van der Waals surface area contributed by atoms with Crippen LogP contribution in [0.5, 0.6) is 0 Å². The van der Waals surface area contributed by atoms with E-state index in [1.807, 2.05) is 36.4 Å². The molecule has 1 amide bonds. The Morgan fingerprint density at radius 1 is 0.800 bits per heavy atom. The monoisotopic (exact) mass is 423 g/mol. The first kappa shape index (κ1) is 21.6. The summed E-state index contributed by atoms with van der Waals surface area (Å²) in [6.45, 7) is 4.99. The highest BCUT2D eigenvalue weighted by Gasteiger charge is 2.33. The lowest BCUT2D eigenvalue weighted by molar-refractivity contribution is 0.0381. The molecule has 3 aromatic carbocycles. The Hall–Kier alpha value is -3.12. The maximum atomic E-state index is 13.3. The fourth-order valence-corrected chi connectivity index (χ4v) is 4.17. The Labute approximate surface area is 178 Å². The summed E-state index contributed by atoms with van der Waals surface area (Å²) >= 11 is 0. The molecular formula is C24H25NO4S. The van der Waals surface area contributed by atoms with Gasteiger partial charge in [0, 0.05) is 0 Å². The molecule has 0 saturated heterocycles. The first-order valence-corrected chi connectivity index (χ1v) is 11.1. The molecule has 0 aromatic heterocycles. The van der Waals surface area contributed by atoms with Gasteiger partial charge in [-0.3, -0.25) is 0 Å². The number of rotatable bonds is 5. The van der Waals surface area contributed by atoms with Gasteiger partial charge in [0.15, 0.2) is 0 Å². The molecule has 0 radical (unpaired) electrons. The van der Waals surface area contributed by atoms with Crippen LogP contribution < -0.4 is 0 Å². The van der Waals surface area contributed by atoms with Crippen LogP contribution in [0.4, 0.5) is 4.79 Å². The summed E-state index contributed by atoms with van der Waals surface area (Å²) in [5.41, 5.74) is 1.74. The second-order valence-electron chi connectivity index (χ2n) is 7.87. The zero-order valence-electron chi connectivity index (χ0n) is 17.3. The lowest BCUT2D eigenvalue weighted by Crippen LogP contribution is -2.40. The topological polar surface area (TPSA) is 63.7 Å². The Balaban J connectivity index is 1.95. The van der Waals surface area contributed by atoms with Gasteiger partial charge in [-0.1, -0.05) is 72.8 Å². The molecule has 0 N–H and O–H groups in total. The number of carbonyl (C=O) groups excluding carboxylic acids is 1. The molecule has 0 aliphatic heterocycles. The summed E-state index contributed by atoms with van der Waals surface area (Å²) in [6.07, 6.45) is -0.904. The van der Waals surface area contributed by atoms with Crippen molar-refractivity contribution in [2.75, 3.05) is 0 Å². The van der Waals surface area contributed by atoms with Crippen molar-refractivity contribution in [3.8, 4) is 11.1 Å². The summed E-state index contributed by atoms with van der Waals surface area (Å²) in [6, 6.07) is 25.1. The zero-order valence-corrected chi connectivity index (χ0v) is 18.1. The molecule has 0 heterocycles. The smallest absolute Gasteiger partial charge is 0.424 e. The number of ether oxygens (including phenoxy) is 1. The molecular weight excluding hydrogens is 398 g/mol. The molecule has 0 unspecified atom stereocenters. The van der Waals surface area contributed by atoms with Crippen LogP contribution in [0, 0.1) is 0 Å². The van der Waals surface area contributed by atoms with Gasteiger partial charge in [0.1, 0.15) is 5.60 Å². The highest BCUT2D eigenvalue weighted by atomic mass is 32.2. The van der Waals surface area contributed by atoms with Crippen molar-refractivity contribution in [3.05, 3.63) is 90.5 Å². The van der Waals surface area contributed by atoms with Gasteiger partial charge < -0.3 is 4.74 Å². The van der Waals surface area contributed by atoms with E-state index < -0.39 is 21.7 Å². The van der Waals surface area contributed by atoms with Gasteiger partial charge in [-0.05, 0) is 49.6 Å². The normalized spacial score (nSPS) is 11.7. The maximum Gasteiger partial charge on any atom is 0.424 e. The number of benzene rings is 3. The largest absolute Gasteiger partial charge is 0.443 e. The highest BCUT2D eigenvalue weighted by molar-refractivity contribution is 7.89. The number of amides is 1. The van der Waals surface area contributed by atoms with E-state index >= 15 is 0 Å². The highest BCUT2D eigenvalue weighted by Crippen LogP contribution is 2.25. The second kappa shape index (κ2) is 8.71. The van der Waals surface area contributed by atoms with Crippen LogP contribution in [0.15, 0.2) is 89.8 Å². The third-order valence-corrected chi connectivity index (χ3v) is 6.04. The quantitative estimate of drug-likeness (QED) is 0.545. The molecule has 6 heteroatoms. The SMILES string of the molecule is CC(C)(C)OC(=O)N(Cc1ccccc1)S(=O)(=O)c1ccc(-c2ccccc2)cc1. The molecule has 156 valence electrons. The van der Waals surface area contributed by atoms with Crippen LogP contribution in [0.2, 0.25) is 0 Å². The van der Waals surface area contributed by atoms with Gasteiger partial charge >= 0.3 is 6.09 Å². The van der Waals surface area contributed by atoms with Crippen LogP contribution in [0.25, 0.3) is 11.1 Å². The van der Waals surface area contributed by atoms with Crippen molar-refractivity contribution in [2.24, 2.45) is 0 Å². The minimum absolute atomic E-state index is 0.0315. The molecule has 3 rings (SSSR count). The van der Waals surface area contributed by atoms with E-state index in [9.17, 15) is 13.2 Å². The Morgan fingerprint density at radius 3 is 1.83 bits per heavy atom. The van der Waals surface area contributed by atoms with Gasteiger partial charge in [-0.15, -0.1) is 0 Å². The fourth-order valence-electron chi connectivity index (χ4n) is 2.89. The summed E-state index contributed by atoms with van der Waals surface area (Å²) in [5, 5.41) is 0. The third-order valence-electron chi connectivity index (χ3n) is 4.32. The summed E-state index contributed by atoms with van der Waals surface area (Å²) in [4.78, 5) is 12.8. The van der Waals surface area contributed by atoms with E-state index in [2.05, 4.69) is 0 Å². The summed E-state index contributed by atoms with van der Waals surface area (Å²) < 4.78 is 32.8. The van der Waals surface area contributed by atoms with E-state index in [4.69, 9.17) is 4.74 Å². The first-order chi connectivity index (χ1) is 14.2. The predicted octanol–water partition coefficient (Wildman–Crippen LogP) is 5.48. The van der Waals surface area contributed by atoms with Gasteiger partial charge in [0.25, 0.3) is 10.0 Å². The Bertz CT molecular complexity index is 1090. The van der Waals surface area contributed by atoms with Gasteiger partial charge in [0.2, 0.25) is 0 Å². The van der Waals surface area contributed by atoms with Crippen molar-refractivity contribution in [1.29, 1.82) is 0 Å². The minimum Gasteiger partial charge on any atom is -0.443 e. The van der Waals surface area contributed by atoms with Crippen LogP contribution in [0.1, 0.15) is 26.3 Å². The van der Waals surface area contributed by atoms with E-state index in [1.54, 1.807) is 57.2 Å². The van der Waals surface area contributed by atoms with Crippen LogP contribution in [-0.2, 0) is 21.3 Å². The molecule has 0 aliphatic carbocycles. The average molecular weight is 424 g/mol. The van der Waals surface area contributed by atoms with Crippen LogP contribution in [-0.4, -0.2) is 24.4 Å². The maximum absolute atomic E-state index is 13.3. The molecule has 0 spiro atoms. The number of sulfonamides is 1. The molecule has 0 aliphatic rings. The van der Waals surface area contributed by atoms with Crippen LogP contribution >= 0.6 is 0 Å². The van der Waals surface area contributed by atoms with E-state index in [1.165, 1.54) is 12.1 Å². The average Bonchev–Trinajstić information content (AvgIpc) is 2.72. The number of hydrogen-bond acceptors (Lipinski definition) is 4. The van der Waals surface area contributed by atoms with Gasteiger partial charge in [-0.25, -0.2) is 13.2 Å². The molecule has 5 nitrogen and oxygen atoms in total. The number of nitrogens with zero attached hydrogens (tertiary/aromatic N) is 1. The lowest BCUT2D eigenvalue weighted by atomic mass is 10.1. The number of hydrogen-bond donors (Lipinski definition) is 0.